The molecule has 0 atom stereocenters. The molecular weight excluding hydrogens is 350 g/mol. The second-order valence-corrected chi connectivity index (χ2v) is 6.56. The molecule has 0 aliphatic rings. The Morgan fingerprint density at radius 3 is 2.58 bits per heavy atom. The second kappa shape index (κ2) is 8.01. The van der Waals surface area contributed by atoms with Crippen LogP contribution in [0.2, 0.25) is 0 Å². The molecule has 0 radical (unpaired) electrons. The summed E-state index contributed by atoms with van der Waals surface area (Å²) in [6.07, 6.45) is 0.479. The molecule has 0 unspecified atom stereocenters. The zero-order valence-corrected chi connectivity index (χ0v) is 15.4. The monoisotopic (exact) mass is 369 g/mol. The topological polar surface area (TPSA) is 68.7 Å². The highest BCUT2D eigenvalue weighted by atomic mass is 32.1. The third kappa shape index (κ3) is 3.86. The summed E-state index contributed by atoms with van der Waals surface area (Å²) in [4.78, 5) is 16.5. The number of methoxy groups -OCH3 is 1. The summed E-state index contributed by atoms with van der Waals surface area (Å²) in [5.74, 6) is 0.289. The minimum Gasteiger partial charge on any atom is -0.493 e. The van der Waals surface area contributed by atoms with Crippen LogP contribution in [0.3, 0.4) is 0 Å². The van der Waals surface area contributed by atoms with E-state index in [1.807, 2.05) is 55.5 Å². The van der Waals surface area contributed by atoms with Gasteiger partial charge in [0.2, 0.25) is 0 Å². The van der Waals surface area contributed by atoms with Crippen molar-refractivity contribution in [1.29, 1.82) is 0 Å². The highest BCUT2D eigenvalue weighted by Crippen LogP contribution is 2.35. The molecule has 1 N–H and O–H groups in total. The summed E-state index contributed by atoms with van der Waals surface area (Å²) in [6, 6.07) is 15.2. The van der Waals surface area contributed by atoms with Crippen LogP contribution >= 0.6 is 11.3 Å². The van der Waals surface area contributed by atoms with Crippen LogP contribution in [-0.2, 0) is 6.42 Å². The molecule has 2 aromatic carbocycles. The molecule has 5 nitrogen and oxygen atoms in total. The predicted octanol–water partition coefficient (Wildman–Crippen LogP) is 4.51. The van der Waals surface area contributed by atoms with Gasteiger partial charge in [0.25, 0.3) is 0 Å². The fraction of sp³-hybridized carbons (Fsp3) is 0.200. The highest BCUT2D eigenvalue weighted by Gasteiger charge is 2.19. The van der Waals surface area contributed by atoms with Gasteiger partial charge in [0.1, 0.15) is 9.88 Å². The fourth-order valence-electron chi connectivity index (χ4n) is 2.63. The molecular formula is C20H19NO4S. The number of carboxylic acids is 1. The van der Waals surface area contributed by atoms with Crippen LogP contribution in [-0.4, -0.2) is 29.8 Å². The lowest BCUT2D eigenvalue weighted by Crippen LogP contribution is -1.99. The standard InChI is InChI=1S/C20H19NO4S/c1-3-25-16-10-9-14(12-17(16)24-2)19-21-15(18(26-19)20(22)23)11-13-7-5-4-6-8-13/h4-10,12H,3,11H2,1-2H3,(H,22,23). The van der Waals surface area contributed by atoms with E-state index >= 15 is 0 Å². The fourth-order valence-corrected chi connectivity index (χ4v) is 3.54. The van der Waals surface area contributed by atoms with Gasteiger partial charge in [-0.05, 0) is 30.7 Å². The number of nitrogens with zero attached hydrogens (tertiary/aromatic N) is 1. The molecule has 0 aliphatic heterocycles. The summed E-state index contributed by atoms with van der Waals surface area (Å²) >= 11 is 1.17. The molecule has 1 aromatic heterocycles. The third-order valence-electron chi connectivity index (χ3n) is 3.82. The maximum atomic E-state index is 11.6. The van der Waals surface area contributed by atoms with Crippen molar-refractivity contribution in [1.82, 2.24) is 4.98 Å². The Bertz CT molecular complexity index is 905. The van der Waals surface area contributed by atoms with E-state index < -0.39 is 5.97 Å². The normalized spacial score (nSPS) is 10.5. The maximum absolute atomic E-state index is 11.6. The van der Waals surface area contributed by atoms with Crippen molar-refractivity contribution in [2.45, 2.75) is 13.3 Å². The van der Waals surface area contributed by atoms with Gasteiger partial charge in [-0.1, -0.05) is 30.3 Å². The van der Waals surface area contributed by atoms with Crippen LogP contribution in [0.1, 0.15) is 27.9 Å². The molecule has 0 aliphatic carbocycles. The van der Waals surface area contributed by atoms with E-state index in [2.05, 4.69) is 4.98 Å². The first kappa shape index (κ1) is 17.9. The number of thiazole rings is 1. The summed E-state index contributed by atoms with van der Waals surface area (Å²) in [6.45, 7) is 2.44. The first-order valence-electron chi connectivity index (χ1n) is 8.20. The number of carboxylic acid groups (broad SMARTS) is 1. The van der Waals surface area contributed by atoms with Crippen LogP contribution in [0, 0.1) is 0 Å². The minimum atomic E-state index is -0.961. The lowest BCUT2D eigenvalue weighted by molar-refractivity contribution is 0.0701. The molecule has 0 fully saturated rings. The molecule has 0 spiro atoms. The van der Waals surface area contributed by atoms with Crippen molar-refractivity contribution >= 4 is 17.3 Å². The number of rotatable bonds is 7. The van der Waals surface area contributed by atoms with Crippen LogP contribution in [0.25, 0.3) is 10.6 Å². The first-order valence-corrected chi connectivity index (χ1v) is 9.02. The van der Waals surface area contributed by atoms with Crippen molar-refractivity contribution in [2.24, 2.45) is 0 Å². The van der Waals surface area contributed by atoms with E-state index in [1.165, 1.54) is 11.3 Å². The van der Waals surface area contributed by atoms with Crippen LogP contribution in [0.5, 0.6) is 11.5 Å². The molecule has 3 rings (SSSR count). The van der Waals surface area contributed by atoms with Gasteiger partial charge in [0, 0.05) is 12.0 Å². The number of benzene rings is 2. The van der Waals surface area contributed by atoms with E-state index in [4.69, 9.17) is 9.47 Å². The number of hydrogen-bond acceptors (Lipinski definition) is 5. The first-order chi connectivity index (χ1) is 12.6. The van der Waals surface area contributed by atoms with Gasteiger partial charge in [0.15, 0.2) is 11.5 Å². The van der Waals surface area contributed by atoms with Gasteiger partial charge in [-0.15, -0.1) is 11.3 Å². The van der Waals surface area contributed by atoms with Crippen molar-refractivity contribution < 1.29 is 19.4 Å². The molecule has 0 amide bonds. The average molecular weight is 369 g/mol. The van der Waals surface area contributed by atoms with Gasteiger partial charge in [-0.25, -0.2) is 9.78 Å². The number of carbonyl (C=O) groups is 1. The zero-order valence-electron chi connectivity index (χ0n) is 14.6. The minimum absolute atomic E-state index is 0.261. The van der Waals surface area contributed by atoms with Gasteiger partial charge in [0.05, 0.1) is 19.4 Å². The van der Waals surface area contributed by atoms with Crippen LogP contribution < -0.4 is 9.47 Å². The molecule has 3 aromatic rings. The smallest absolute Gasteiger partial charge is 0.347 e. The molecule has 134 valence electrons. The van der Waals surface area contributed by atoms with Crippen molar-refractivity contribution in [3.05, 3.63) is 64.7 Å². The Morgan fingerprint density at radius 1 is 1.15 bits per heavy atom. The van der Waals surface area contributed by atoms with E-state index in [0.29, 0.717) is 35.2 Å². The van der Waals surface area contributed by atoms with Crippen molar-refractivity contribution in [3.63, 3.8) is 0 Å². The number of aromatic carboxylic acids is 1. The SMILES string of the molecule is CCOc1ccc(-c2nc(Cc3ccccc3)c(C(=O)O)s2)cc1OC. The van der Waals surface area contributed by atoms with Crippen LogP contribution in [0.15, 0.2) is 48.5 Å². The van der Waals surface area contributed by atoms with Crippen LogP contribution in [0.4, 0.5) is 0 Å². The van der Waals surface area contributed by atoms with E-state index in [0.717, 1.165) is 11.1 Å². The van der Waals surface area contributed by atoms with E-state index in [1.54, 1.807) is 7.11 Å². The Morgan fingerprint density at radius 2 is 1.92 bits per heavy atom. The molecule has 0 bridgehead atoms. The summed E-state index contributed by atoms with van der Waals surface area (Å²) < 4.78 is 10.9. The highest BCUT2D eigenvalue weighted by molar-refractivity contribution is 7.17. The van der Waals surface area contributed by atoms with E-state index in [-0.39, 0.29) is 4.88 Å². The molecule has 26 heavy (non-hydrogen) atoms. The Labute approximate surface area is 155 Å². The maximum Gasteiger partial charge on any atom is 0.347 e. The lowest BCUT2D eigenvalue weighted by atomic mass is 10.1. The lowest BCUT2D eigenvalue weighted by Gasteiger charge is -2.09. The van der Waals surface area contributed by atoms with E-state index in [9.17, 15) is 9.90 Å². The predicted molar refractivity (Wildman–Crippen MR) is 101 cm³/mol. The number of aromatic nitrogens is 1. The second-order valence-electron chi connectivity index (χ2n) is 5.56. The number of hydrogen-bond donors (Lipinski definition) is 1. The molecule has 1 heterocycles. The molecule has 6 heteroatoms. The Kier molecular flexibility index (Phi) is 5.53. The number of ether oxygens (including phenoxy) is 2. The van der Waals surface area contributed by atoms with Crippen molar-refractivity contribution in [3.8, 4) is 22.1 Å². The van der Waals surface area contributed by atoms with Crippen molar-refractivity contribution in [2.75, 3.05) is 13.7 Å². The molecule has 0 saturated carbocycles. The quantitative estimate of drug-likeness (QED) is 0.664. The summed E-state index contributed by atoms with van der Waals surface area (Å²) in [5, 5.41) is 10.2. The average Bonchev–Trinajstić information content (AvgIpc) is 3.07. The Balaban J connectivity index is 1.98. The molecule has 0 saturated heterocycles. The zero-order chi connectivity index (χ0) is 18.5. The third-order valence-corrected chi connectivity index (χ3v) is 4.95. The summed E-state index contributed by atoms with van der Waals surface area (Å²) in [7, 11) is 1.58. The summed E-state index contributed by atoms with van der Waals surface area (Å²) in [5.41, 5.74) is 2.39. The van der Waals surface area contributed by atoms with Gasteiger partial charge in [-0.2, -0.15) is 0 Å². The van der Waals surface area contributed by atoms with Gasteiger partial charge >= 0.3 is 5.97 Å². The largest absolute Gasteiger partial charge is 0.493 e. The van der Waals surface area contributed by atoms with Gasteiger partial charge in [-0.3, -0.25) is 0 Å². The Hall–Kier alpha value is -2.86. The van der Waals surface area contributed by atoms with Gasteiger partial charge < -0.3 is 14.6 Å².